The van der Waals surface area contributed by atoms with Crippen LogP contribution in [0.2, 0.25) is 10.2 Å². The molecule has 0 aliphatic heterocycles. The van der Waals surface area contributed by atoms with E-state index in [2.05, 4.69) is 4.74 Å². The Kier molecular flexibility index (Phi) is 2.42. The molecule has 0 N–H and O–H groups in total. The van der Waals surface area contributed by atoms with Gasteiger partial charge in [-0.05, 0) is 11.6 Å². The lowest BCUT2D eigenvalue weighted by atomic mass is 10.5. The maximum Gasteiger partial charge on any atom is 0.374 e. The molecule has 0 unspecified atom stereocenters. The first kappa shape index (κ1) is 8.43. The summed E-state index contributed by atoms with van der Waals surface area (Å²) in [5.41, 5.74) is 0. The molecule has 0 aromatic carbocycles. The predicted molar refractivity (Wildman–Crippen MR) is 40.1 cm³/mol. The lowest BCUT2D eigenvalue weighted by Crippen LogP contribution is -1.97. The Morgan fingerprint density at radius 3 is 2.64 bits per heavy atom. The van der Waals surface area contributed by atoms with Crippen molar-refractivity contribution in [3.05, 3.63) is 22.1 Å². The first-order valence-electron chi connectivity index (χ1n) is 2.68. The third kappa shape index (κ3) is 1.67. The number of hydrogen-bond acceptors (Lipinski definition) is 3. The molecule has 0 aliphatic carbocycles. The third-order valence-corrected chi connectivity index (χ3v) is 1.69. The number of halogens is 2. The maximum atomic E-state index is 10.7. The molecule has 0 saturated heterocycles. The molecule has 1 heterocycles. The molecule has 0 atom stereocenters. The highest BCUT2D eigenvalue weighted by Crippen LogP contribution is 2.25. The molecule has 1 aromatic rings. The molecule has 0 spiro atoms. The molecular weight excluding hydrogens is 191 g/mol. The number of ether oxygens (including phenoxy) is 1. The number of esters is 1. The molecule has 0 saturated carbocycles. The molecule has 0 radical (unpaired) electrons. The van der Waals surface area contributed by atoms with E-state index in [0.29, 0.717) is 0 Å². The van der Waals surface area contributed by atoms with Crippen LogP contribution in [0.25, 0.3) is 0 Å². The Bertz CT molecular complexity index is 260. The van der Waals surface area contributed by atoms with Gasteiger partial charge in [0.15, 0.2) is 0 Å². The number of carbonyl (C=O) groups is 1. The Morgan fingerprint density at radius 1 is 1.64 bits per heavy atom. The average molecular weight is 195 g/mol. The Labute approximate surface area is 72.8 Å². The van der Waals surface area contributed by atoms with Gasteiger partial charge < -0.3 is 9.15 Å². The lowest BCUT2D eigenvalue weighted by molar-refractivity contribution is 0.0565. The largest absolute Gasteiger partial charge is 0.463 e. The Balaban J connectivity index is 2.97. The minimum atomic E-state index is -0.598. The van der Waals surface area contributed by atoms with Crippen molar-refractivity contribution in [1.82, 2.24) is 0 Å². The van der Waals surface area contributed by atoms with Crippen molar-refractivity contribution in [3.63, 3.8) is 0 Å². The summed E-state index contributed by atoms with van der Waals surface area (Å²) in [6.07, 6.45) is 0. The monoisotopic (exact) mass is 194 g/mol. The normalized spacial score (nSPS) is 9.73. The quantitative estimate of drug-likeness (QED) is 0.645. The van der Waals surface area contributed by atoms with Crippen molar-refractivity contribution in [2.75, 3.05) is 7.11 Å². The first-order valence-corrected chi connectivity index (χ1v) is 3.44. The molecule has 5 heteroatoms. The molecule has 0 fully saturated rings. The van der Waals surface area contributed by atoms with Crippen LogP contribution in [0.15, 0.2) is 10.5 Å². The highest BCUT2D eigenvalue weighted by atomic mass is 35.5. The molecule has 3 nitrogen and oxygen atoms in total. The molecule has 11 heavy (non-hydrogen) atoms. The van der Waals surface area contributed by atoms with Crippen LogP contribution in [0.4, 0.5) is 0 Å². The summed E-state index contributed by atoms with van der Waals surface area (Å²) in [5.74, 6) is -0.596. The van der Waals surface area contributed by atoms with Crippen LogP contribution in [0.5, 0.6) is 0 Å². The first-order chi connectivity index (χ1) is 5.15. The lowest BCUT2D eigenvalue weighted by Gasteiger charge is -1.90. The number of carbonyl (C=O) groups excluding carboxylic acids is 1. The van der Waals surface area contributed by atoms with Gasteiger partial charge >= 0.3 is 5.97 Å². The second kappa shape index (κ2) is 3.15. The fraction of sp³-hybridized carbons (Fsp3) is 0.167. The second-order valence-corrected chi connectivity index (χ2v) is 2.47. The van der Waals surface area contributed by atoms with E-state index >= 15 is 0 Å². The summed E-state index contributed by atoms with van der Waals surface area (Å²) in [6, 6.07) is 1.30. The van der Waals surface area contributed by atoms with Crippen molar-refractivity contribution in [2.24, 2.45) is 0 Å². The summed E-state index contributed by atoms with van der Waals surface area (Å²) in [6.45, 7) is 0. The maximum absolute atomic E-state index is 10.7. The van der Waals surface area contributed by atoms with Gasteiger partial charge in [0.05, 0.1) is 12.1 Å². The highest BCUT2D eigenvalue weighted by molar-refractivity contribution is 6.41. The number of methoxy groups -OCH3 is 1. The molecular formula is C6H4Cl2O3. The van der Waals surface area contributed by atoms with E-state index in [-0.39, 0.29) is 16.0 Å². The van der Waals surface area contributed by atoms with E-state index in [4.69, 9.17) is 27.6 Å². The van der Waals surface area contributed by atoms with Crippen LogP contribution in [0.3, 0.4) is 0 Å². The number of rotatable bonds is 1. The zero-order chi connectivity index (χ0) is 8.43. The van der Waals surface area contributed by atoms with Gasteiger partial charge in [-0.3, -0.25) is 0 Å². The van der Waals surface area contributed by atoms with Crippen molar-refractivity contribution < 1.29 is 13.9 Å². The van der Waals surface area contributed by atoms with Crippen molar-refractivity contribution in [2.45, 2.75) is 0 Å². The zero-order valence-corrected chi connectivity index (χ0v) is 7.07. The van der Waals surface area contributed by atoms with E-state index in [0.717, 1.165) is 0 Å². The van der Waals surface area contributed by atoms with Gasteiger partial charge in [0.1, 0.15) is 0 Å². The van der Waals surface area contributed by atoms with E-state index in [9.17, 15) is 4.79 Å². The summed E-state index contributed by atoms with van der Waals surface area (Å²) < 4.78 is 9.08. The Hall–Kier alpha value is -0.670. The number of furan rings is 1. The van der Waals surface area contributed by atoms with Gasteiger partial charge in [0.25, 0.3) is 0 Å². The topological polar surface area (TPSA) is 39.4 Å². The zero-order valence-electron chi connectivity index (χ0n) is 5.56. The van der Waals surface area contributed by atoms with E-state index < -0.39 is 5.97 Å². The van der Waals surface area contributed by atoms with Crippen LogP contribution >= 0.6 is 23.2 Å². The molecule has 60 valence electrons. The molecule has 1 rings (SSSR count). The summed E-state index contributed by atoms with van der Waals surface area (Å²) in [4.78, 5) is 10.7. The number of hydrogen-bond donors (Lipinski definition) is 0. The average Bonchev–Trinajstić information content (AvgIpc) is 2.31. The van der Waals surface area contributed by atoms with Crippen LogP contribution in [-0.4, -0.2) is 13.1 Å². The molecule has 0 bridgehead atoms. The summed E-state index contributed by atoms with van der Waals surface area (Å²) >= 11 is 10.9. The summed E-state index contributed by atoms with van der Waals surface area (Å²) in [7, 11) is 1.24. The molecule has 1 aromatic heterocycles. The standard InChI is InChI=1S/C6H4Cl2O3/c1-10-6(9)4-2-3(7)5(8)11-4/h2H,1H3. The van der Waals surface area contributed by atoms with E-state index in [1.807, 2.05) is 0 Å². The van der Waals surface area contributed by atoms with E-state index in [1.165, 1.54) is 13.2 Å². The van der Waals surface area contributed by atoms with Crippen LogP contribution in [0, 0.1) is 0 Å². The van der Waals surface area contributed by atoms with Gasteiger partial charge in [0.2, 0.25) is 11.0 Å². The van der Waals surface area contributed by atoms with Gasteiger partial charge in [-0.2, -0.15) is 0 Å². The molecule has 0 aliphatic rings. The summed E-state index contributed by atoms with van der Waals surface area (Å²) in [5, 5.41) is 0.194. The van der Waals surface area contributed by atoms with E-state index in [1.54, 1.807) is 0 Å². The van der Waals surface area contributed by atoms with Crippen molar-refractivity contribution >= 4 is 29.2 Å². The fourth-order valence-electron chi connectivity index (χ4n) is 0.548. The van der Waals surface area contributed by atoms with Crippen molar-refractivity contribution in [1.29, 1.82) is 0 Å². The predicted octanol–water partition coefficient (Wildman–Crippen LogP) is 2.37. The van der Waals surface area contributed by atoms with Crippen molar-refractivity contribution in [3.8, 4) is 0 Å². The highest BCUT2D eigenvalue weighted by Gasteiger charge is 2.13. The SMILES string of the molecule is COC(=O)c1cc(Cl)c(Cl)o1. The smallest absolute Gasteiger partial charge is 0.374 e. The van der Waals surface area contributed by atoms with Gasteiger partial charge in [-0.15, -0.1) is 0 Å². The Morgan fingerprint density at radius 2 is 2.27 bits per heavy atom. The van der Waals surface area contributed by atoms with Crippen LogP contribution in [0.1, 0.15) is 10.6 Å². The minimum Gasteiger partial charge on any atom is -0.463 e. The van der Waals surface area contributed by atoms with Gasteiger partial charge in [-0.1, -0.05) is 11.6 Å². The molecule has 0 amide bonds. The van der Waals surface area contributed by atoms with Crippen LogP contribution in [-0.2, 0) is 4.74 Å². The van der Waals surface area contributed by atoms with Crippen LogP contribution < -0.4 is 0 Å². The third-order valence-electron chi connectivity index (χ3n) is 1.03. The van der Waals surface area contributed by atoms with Gasteiger partial charge in [0, 0.05) is 6.07 Å². The fourth-order valence-corrected chi connectivity index (χ4v) is 0.823. The van der Waals surface area contributed by atoms with Gasteiger partial charge in [-0.25, -0.2) is 4.79 Å². The second-order valence-electron chi connectivity index (χ2n) is 1.72. The minimum absolute atomic E-state index is 0.00231.